The second-order valence-corrected chi connectivity index (χ2v) is 3.30. The van der Waals surface area contributed by atoms with Crippen molar-refractivity contribution in [2.45, 2.75) is 6.42 Å². The van der Waals surface area contributed by atoms with Crippen LogP contribution in [0.1, 0.15) is 6.42 Å². The highest BCUT2D eigenvalue weighted by atomic mass is 35.5. The molecule has 0 atom stereocenters. The van der Waals surface area contributed by atoms with E-state index in [9.17, 15) is 0 Å². The highest BCUT2D eigenvalue weighted by molar-refractivity contribution is 6.36. The van der Waals surface area contributed by atoms with Crippen molar-refractivity contribution in [1.29, 1.82) is 5.26 Å². The Morgan fingerprint density at radius 1 is 1.38 bits per heavy atom. The third kappa shape index (κ3) is 3.14. The Morgan fingerprint density at radius 3 is 2.77 bits per heavy atom. The van der Waals surface area contributed by atoms with Gasteiger partial charge in [0.1, 0.15) is 0 Å². The normalized spacial score (nSPS) is 9.31. The van der Waals surface area contributed by atoms with Crippen molar-refractivity contribution < 1.29 is 0 Å². The SMILES string of the molecule is N#CCCNc1ccc(Cl)cc1Cl. The van der Waals surface area contributed by atoms with Crippen molar-refractivity contribution in [3.8, 4) is 6.07 Å². The molecule has 0 aliphatic rings. The number of nitrogens with zero attached hydrogens (tertiary/aromatic N) is 1. The largest absolute Gasteiger partial charge is 0.383 e. The molecule has 1 N–H and O–H groups in total. The van der Waals surface area contributed by atoms with Crippen LogP contribution < -0.4 is 5.32 Å². The Balaban J connectivity index is 2.62. The van der Waals surface area contributed by atoms with Crippen LogP contribution >= 0.6 is 23.2 Å². The molecule has 1 aromatic rings. The summed E-state index contributed by atoms with van der Waals surface area (Å²) in [6.45, 7) is 0.595. The van der Waals surface area contributed by atoms with Gasteiger partial charge in [-0.15, -0.1) is 0 Å². The van der Waals surface area contributed by atoms with Crippen LogP contribution in [0.5, 0.6) is 0 Å². The minimum absolute atomic E-state index is 0.457. The van der Waals surface area contributed by atoms with E-state index in [1.165, 1.54) is 0 Å². The maximum atomic E-state index is 8.31. The van der Waals surface area contributed by atoms with Gasteiger partial charge in [-0.3, -0.25) is 0 Å². The minimum atomic E-state index is 0.457. The van der Waals surface area contributed by atoms with Crippen LogP contribution in [0.3, 0.4) is 0 Å². The first-order chi connectivity index (χ1) is 6.24. The van der Waals surface area contributed by atoms with Gasteiger partial charge in [-0.25, -0.2) is 0 Å². The fourth-order valence-corrected chi connectivity index (χ4v) is 1.36. The van der Waals surface area contributed by atoms with Gasteiger partial charge < -0.3 is 5.32 Å². The lowest BCUT2D eigenvalue weighted by atomic mass is 10.3. The fraction of sp³-hybridized carbons (Fsp3) is 0.222. The van der Waals surface area contributed by atoms with E-state index < -0.39 is 0 Å². The van der Waals surface area contributed by atoms with Crippen molar-refractivity contribution in [3.63, 3.8) is 0 Å². The van der Waals surface area contributed by atoms with Gasteiger partial charge in [-0.05, 0) is 18.2 Å². The van der Waals surface area contributed by atoms with Crippen molar-refractivity contribution in [1.82, 2.24) is 0 Å². The molecule has 1 rings (SSSR count). The molecule has 0 saturated carbocycles. The number of hydrogen-bond acceptors (Lipinski definition) is 2. The van der Waals surface area contributed by atoms with Gasteiger partial charge in [0.2, 0.25) is 0 Å². The molecule has 0 aromatic heterocycles. The molecule has 68 valence electrons. The van der Waals surface area contributed by atoms with E-state index >= 15 is 0 Å². The summed E-state index contributed by atoms with van der Waals surface area (Å²) in [7, 11) is 0. The average Bonchev–Trinajstić information content (AvgIpc) is 2.09. The molecule has 0 spiro atoms. The maximum Gasteiger partial charge on any atom is 0.0652 e. The topological polar surface area (TPSA) is 35.8 Å². The molecular weight excluding hydrogens is 207 g/mol. The third-order valence-electron chi connectivity index (χ3n) is 1.48. The van der Waals surface area contributed by atoms with Crippen LogP contribution in [0.2, 0.25) is 10.0 Å². The Hall–Kier alpha value is -0.910. The summed E-state index contributed by atoms with van der Waals surface area (Å²) in [6.07, 6.45) is 0.457. The van der Waals surface area contributed by atoms with Crippen LogP contribution in [0.25, 0.3) is 0 Å². The summed E-state index contributed by atoms with van der Waals surface area (Å²) >= 11 is 11.6. The quantitative estimate of drug-likeness (QED) is 0.785. The lowest BCUT2D eigenvalue weighted by molar-refractivity contribution is 1.08. The minimum Gasteiger partial charge on any atom is -0.383 e. The molecule has 0 fully saturated rings. The van der Waals surface area contributed by atoms with Gasteiger partial charge in [-0.1, -0.05) is 23.2 Å². The van der Waals surface area contributed by atoms with Gasteiger partial charge in [0.05, 0.1) is 23.2 Å². The Bertz CT molecular complexity index is 331. The Labute approximate surface area is 87.1 Å². The van der Waals surface area contributed by atoms with Crippen LogP contribution in [0.15, 0.2) is 18.2 Å². The fourth-order valence-electron chi connectivity index (χ4n) is 0.886. The molecule has 0 bridgehead atoms. The summed E-state index contributed by atoms with van der Waals surface area (Å²) in [5, 5.41) is 12.5. The molecule has 13 heavy (non-hydrogen) atoms. The Morgan fingerprint density at radius 2 is 2.15 bits per heavy atom. The summed E-state index contributed by atoms with van der Waals surface area (Å²) < 4.78 is 0. The highest BCUT2D eigenvalue weighted by Crippen LogP contribution is 2.24. The molecule has 0 amide bonds. The predicted molar refractivity (Wildman–Crippen MR) is 55.2 cm³/mol. The number of rotatable bonds is 3. The monoisotopic (exact) mass is 214 g/mol. The molecule has 0 heterocycles. The predicted octanol–water partition coefficient (Wildman–Crippen LogP) is 3.32. The van der Waals surface area contributed by atoms with Crippen molar-refractivity contribution >= 4 is 28.9 Å². The molecule has 2 nitrogen and oxygen atoms in total. The lowest BCUT2D eigenvalue weighted by Crippen LogP contribution is -2.00. The molecule has 0 aliphatic heterocycles. The van der Waals surface area contributed by atoms with Gasteiger partial charge in [0.25, 0.3) is 0 Å². The summed E-state index contributed by atoms with van der Waals surface area (Å²) in [5.74, 6) is 0. The van der Waals surface area contributed by atoms with Crippen molar-refractivity contribution in [2.24, 2.45) is 0 Å². The number of nitrogens with one attached hydrogen (secondary N) is 1. The van der Waals surface area contributed by atoms with E-state index in [0.29, 0.717) is 23.0 Å². The van der Waals surface area contributed by atoms with Gasteiger partial charge in [0.15, 0.2) is 0 Å². The Kier molecular flexibility index (Phi) is 3.88. The first-order valence-electron chi connectivity index (χ1n) is 3.80. The number of benzene rings is 1. The molecule has 0 radical (unpaired) electrons. The first kappa shape index (κ1) is 10.2. The smallest absolute Gasteiger partial charge is 0.0652 e. The van der Waals surface area contributed by atoms with Gasteiger partial charge in [-0.2, -0.15) is 5.26 Å². The molecule has 0 saturated heterocycles. The summed E-state index contributed by atoms with van der Waals surface area (Å²) in [6, 6.07) is 7.25. The maximum absolute atomic E-state index is 8.31. The highest BCUT2D eigenvalue weighted by Gasteiger charge is 1.99. The molecular formula is C9H8Cl2N2. The lowest BCUT2D eigenvalue weighted by Gasteiger charge is -2.05. The number of hydrogen-bond donors (Lipinski definition) is 1. The zero-order valence-corrected chi connectivity index (χ0v) is 8.36. The summed E-state index contributed by atoms with van der Waals surface area (Å²) in [5.41, 5.74) is 0.807. The average molecular weight is 215 g/mol. The molecule has 0 unspecified atom stereocenters. The van der Waals surface area contributed by atoms with E-state index in [0.717, 1.165) is 5.69 Å². The van der Waals surface area contributed by atoms with Crippen LogP contribution in [0.4, 0.5) is 5.69 Å². The van der Waals surface area contributed by atoms with E-state index in [4.69, 9.17) is 28.5 Å². The van der Waals surface area contributed by atoms with E-state index in [1.807, 2.05) is 6.07 Å². The van der Waals surface area contributed by atoms with Crippen LogP contribution in [-0.2, 0) is 0 Å². The van der Waals surface area contributed by atoms with Gasteiger partial charge in [0, 0.05) is 11.6 Å². The summed E-state index contributed by atoms with van der Waals surface area (Å²) in [4.78, 5) is 0. The van der Waals surface area contributed by atoms with Crippen molar-refractivity contribution in [2.75, 3.05) is 11.9 Å². The second-order valence-electron chi connectivity index (χ2n) is 2.46. The molecule has 4 heteroatoms. The third-order valence-corrected chi connectivity index (χ3v) is 2.03. The number of halogens is 2. The molecule has 0 aliphatic carbocycles. The zero-order valence-electron chi connectivity index (χ0n) is 6.85. The second kappa shape index (κ2) is 4.96. The van der Waals surface area contributed by atoms with Crippen LogP contribution in [-0.4, -0.2) is 6.54 Å². The standard InChI is InChI=1S/C9H8Cl2N2/c10-7-2-3-9(8(11)6-7)13-5-1-4-12/h2-3,6,13H,1,5H2. The number of nitriles is 1. The van der Waals surface area contributed by atoms with E-state index in [1.54, 1.807) is 18.2 Å². The zero-order chi connectivity index (χ0) is 9.68. The van der Waals surface area contributed by atoms with E-state index in [-0.39, 0.29) is 0 Å². The van der Waals surface area contributed by atoms with E-state index in [2.05, 4.69) is 5.32 Å². The molecule has 1 aromatic carbocycles. The van der Waals surface area contributed by atoms with Gasteiger partial charge >= 0.3 is 0 Å². The van der Waals surface area contributed by atoms with Crippen LogP contribution in [0, 0.1) is 11.3 Å². The first-order valence-corrected chi connectivity index (χ1v) is 4.55. The van der Waals surface area contributed by atoms with Crippen molar-refractivity contribution in [3.05, 3.63) is 28.2 Å². The number of anilines is 1.